The van der Waals surface area contributed by atoms with E-state index < -0.39 is 12.0 Å². The lowest BCUT2D eigenvalue weighted by molar-refractivity contribution is -0.199. The smallest absolute Gasteiger partial charge is 0.167 e. The number of H-pyrrole nitrogens is 1. The van der Waals surface area contributed by atoms with Crippen LogP contribution < -0.4 is 5.73 Å². The highest BCUT2D eigenvalue weighted by Crippen LogP contribution is 2.45. The Kier molecular flexibility index (Phi) is 6.93. The van der Waals surface area contributed by atoms with Crippen molar-refractivity contribution in [3.8, 4) is 0 Å². The SMILES string of the molecule is CC(C)N(CC1OC(n2cnc3c(N)ncnc32)C2OC(C)(C)OC12)C1CC(CCc2nc3ccc(C4CCC4)cc3[nH]2)C1. The molecule has 2 aliphatic heterocycles. The van der Waals surface area contributed by atoms with E-state index in [-0.39, 0.29) is 18.3 Å². The van der Waals surface area contributed by atoms with Crippen molar-refractivity contribution >= 4 is 28.0 Å². The summed E-state index contributed by atoms with van der Waals surface area (Å²) in [5.41, 5.74) is 11.0. The first kappa shape index (κ1) is 28.4. The molecule has 4 unspecified atom stereocenters. The van der Waals surface area contributed by atoms with Gasteiger partial charge in [0.05, 0.1) is 17.4 Å². The van der Waals surface area contributed by atoms with E-state index in [2.05, 4.69) is 56.9 Å². The molecule has 11 heteroatoms. The Labute approximate surface area is 257 Å². The van der Waals surface area contributed by atoms with Crippen LogP contribution in [0.15, 0.2) is 30.9 Å². The quantitative estimate of drug-likeness (QED) is 0.270. The van der Waals surface area contributed by atoms with Crippen molar-refractivity contribution in [1.29, 1.82) is 0 Å². The number of nitrogens with two attached hydrogens (primary N) is 1. The topological polar surface area (TPSA) is 129 Å². The van der Waals surface area contributed by atoms with Gasteiger partial charge in [-0.1, -0.05) is 12.5 Å². The van der Waals surface area contributed by atoms with E-state index in [0.29, 0.717) is 35.0 Å². The largest absolute Gasteiger partial charge is 0.382 e. The lowest BCUT2D eigenvalue weighted by Gasteiger charge is -2.46. The number of hydrogen-bond donors (Lipinski definition) is 2. The Balaban J connectivity index is 0.919. The zero-order valence-corrected chi connectivity index (χ0v) is 26.1. The molecule has 1 aromatic carbocycles. The van der Waals surface area contributed by atoms with E-state index in [1.807, 2.05) is 18.4 Å². The minimum absolute atomic E-state index is 0.148. The predicted molar refractivity (Wildman–Crippen MR) is 167 cm³/mol. The van der Waals surface area contributed by atoms with Gasteiger partial charge in [-0.2, -0.15) is 0 Å². The second-order valence-electron chi connectivity index (χ2n) is 14.1. The molecule has 44 heavy (non-hydrogen) atoms. The lowest BCUT2D eigenvalue weighted by Crippen LogP contribution is -2.52. The maximum atomic E-state index is 6.73. The number of aromatic amines is 1. The van der Waals surface area contributed by atoms with E-state index in [1.54, 1.807) is 6.33 Å². The zero-order chi connectivity index (χ0) is 30.2. The van der Waals surface area contributed by atoms with Crippen molar-refractivity contribution in [3.05, 3.63) is 42.2 Å². The van der Waals surface area contributed by atoms with Crippen LogP contribution in [0.1, 0.15) is 89.8 Å². The molecule has 11 nitrogen and oxygen atoms in total. The van der Waals surface area contributed by atoms with E-state index in [1.165, 1.54) is 49.5 Å². The number of aromatic nitrogens is 6. The van der Waals surface area contributed by atoms with Gasteiger partial charge in [0.2, 0.25) is 0 Å². The second kappa shape index (κ2) is 10.8. The van der Waals surface area contributed by atoms with Crippen LogP contribution in [0.3, 0.4) is 0 Å². The molecule has 2 aliphatic carbocycles. The van der Waals surface area contributed by atoms with Gasteiger partial charge in [-0.15, -0.1) is 0 Å². The molecule has 4 atom stereocenters. The van der Waals surface area contributed by atoms with E-state index in [9.17, 15) is 0 Å². The standard InChI is InChI=1S/C33H44N8O3/c1-18(2)40(22-12-19(13-22)8-11-26-38-23-10-9-21(14-24(23)39-26)20-6-5-7-20)15-25-28-29(44-33(3,4)43-28)32(42-25)41-17-37-27-30(34)35-16-36-31(27)41/h9-10,14,16-20,22,25,28-29,32H,5-8,11-13,15H2,1-4H3,(H,38,39)(H2,34,35,36). The molecule has 5 heterocycles. The third-order valence-electron chi connectivity index (χ3n) is 10.4. The van der Waals surface area contributed by atoms with Crippen molar-refractivity contribution in [2.24, 2.45) is 5.92 Å². The minimum Gasteiger partial charge on any atom is -0.382 e. The fourth-order valence-electron chi connectivity index (χ4n) is 7.82. The molecule has 0 amide bonds. The van der Waals surface area contributed by atoms with E-state index in [0.717, 1.165) is 36.6 Å². The van der Waals surface area contributed by atoms with Crippen molar-refractivity contribution in [2.75, 3.05) is 12.3 Å². The molecule has 4 aromatic rings. The Hall–Kier alpha value is -3.12. The summed E-state index contributed by atoms with van der Waals surface area (Å²) in [6, 6.07) is 7.71. The van der Waals surface area contributed by atoms with Gasteiger partial charge in [-0.3, -0.25) is 9.47 Å². The van der Waals surface area contributed by atoms with E-state index in [4.69, 9.17) is 24.9 Å². The van der Waals surface area contributed by atoms with Crippen LogP contribution in [-0.2, 0) is 20.6 Å². The van der Waals surface area contributed by atoms with Gasteiger partial charge in [-0.25, -0.2) is 19.9 Å². The van der Waals surface area contributed by atoms with E-state index >= 15 is 0 Å². The Bertz CT molecular complexity index is 1660. The Morgan fingerprint density at radius 1 is 1.11 bits per heavy atom. The molecule has 8 rings (SSSR count). The number of anilines is 1. The molecule has 2 saturated heterocycles. The fraction of sp³-hybridized carbons (Fsp3) is 0.636. The number of ether oxygens (including phenoxy) is 3. The van der Waals surface area contributed by atoms with Crippen molar-refractivity contribution < 1.29 is 14.2 Å². The third-order valence-corrected chi connectivity index (χ3v) is 10.4. The number of nitrogen functional groups attached to an aromatic ring is 1. The van der Waals surface area contributed by atoms with Crippen LogP contribution in [0.2, 0.25) is 0 Å². The first-order chi connectivity index (χ1) is 21.2. The normalized spacial score (nSPS) is 30.0. The highest BCUT2D eigenvalue weighted by atomic mass is 16.8. The minimum atomic E-state index is -0.695. The second-order valence-corrected chi connectivity index (χ2v) is 14.1. The summed E-state index contributed by atoms with van der Waals surface area (Å²) in [5.74, 6) is 2.23. The van der Waals surface area contributed by atoms with Crippen LogP contribution in [0.4, 0.5) is 5.82 Å². The molecule has 4 fully saturated rings. The first-order valence-corrected chi connectivity index (χ1v) is 16.4. The molecule has 2 saturated carbocycles. The number of nitrogens with zero attached hydrogens (tertiary/aromatic N) is 6. The molecule has 0 radical (unpaired) electrons. The highest BCUT2D eigenvalue weighted by molar-refractivity contribution is 5.81. The number of benzene rings is 1. The summed E-state index contributed by atoms with van der Waals surface area (Å²) in [4.78, 5) is 24.1. The molecule has 234 valence electrons. The molecular weight excluding hydrogens is 556 g/mol. The molecule has 4 aliphatic rings. The van der Waals surface area contributed by atoms with Crippen molar-refractivity contribution in [2.45, 2.75) is 121 Å². The maximum Gasteiger partial charge on any atom is 0.167 e. The summed E-state index contributed by atoms with van der Waals surface area (Å²) < 4.78 is 21.5. The maximum absolute atomic E-state index is 6.73. The number of rotatable bonds is 9. The number of imidazole rings is 2. The van der Waals surface area contributed by atoms with Crippen LogP contribution >= 0.6 is 0 Å². The zero-order valence-electron chi connectivity index (χ0n) is 26.1. The van der Waals surface area contributed by atoms with Gasteiger partial charge in [0, 0.05) is 25.0 Å². The van der Waals surface area contributed by atoms with Crippen molar-refractivity contribution in [3.63, 3.8) is 0 Å². The summed E-state index contributed by atoms with van der Waals surface area (Å²) in [6.07, 6.45) is 10.7. The first-order valence-electron chi connectivity index (χ1n) is 16.4. The number of aryl methyl sites for hydroxylation is 1. The Morgan fingerprint density at radius 3 is 2.70 bits per heavy atom. The van der Waals surface area contributed by atoms with Crippen molar-refractivity contribution in [1.82, 2.24) is 34.4 Å². The van der Waals surface area contributed by atoms with Gasteiger partial charge < -0.3 is 24.9 Å². The summed E-state index contributed by atoms with van der Waals surface area (Å²) in [6.45, 7) is 9.28. The summed E-state index contributed by atoms with van der Waals surface area (Å²) >= 11 is 0. The molecular formula is C33H44N8O3. The lowest BCUT2D eigenvalue weighted by atomic mass is 9.76. The average Bonchev–Trinajstić information content (AvgIpc) is 3.68. The fourth-order valence-corrected chi connectivity index (χ4v) is 7.82. The van der Waals surface area contributed by atoms with Gasteiger partial charge in [0.25, 0.3) is 0 Å². The number of hydrogen-bond acceptors (Lipinski definition) is 9. The third kappa shape index (κ3) is 4.98. The monoisotopic (exact) mass is 600 g/mol. The summed E-state index contributed by atoms with van der Waals surface area (Å²) in [7, 11) is 0. The van der Waals surface area contributed by atoms with Gasteiger partial charge >= 0.3 is 0 Å². The number of nitrogens with one attached hydrogen (secondary N) is 1. The molecule has 3 aromatic heterocycles. The highest BCUT2D eigenvalue weighted by Gasteiger charge is 2.57. The average molecular weight is 601 g/mol. The molecule has 0 bridgehead atoms. The summed E-state index contributed by atoms with van der Waals surface area (Å²) in [5, 5.41) is 0. The van der Waals surface area contributed by atoms with Gasteiger partial charge in [0.1, 0.15) is 36.0 Å². The van der Waals surface area contributed by atoms with Gasteiger partial charge in [-0.05, 0) is 89.3 Å². The molecule has 0 spiro atoms. The van der Waals surface area contributed by atoms with Crippen LogP contribution in [0.25, 0.3) is 22.2 Å². The van der Waals surface area contributed by atoms with Crippen LogP contribution in [-0.4, -0.2) is 77.1 Å². The molecule has 3 N–H and O–H groups in total. The number of fused-ring (bicyclic) bond motifs is 3. The van der Waals surface area contributed by atoms with Gasteiger partial charge in [0.15, 0.2) is 23.5 Å². The Morgan fingerprint density at radius 2 is 1.93 bits per heavy atom. The van der Waals surface area contributed by atoms with Crippen LogP contribution in [0, 0.1) is 5.92 Å². The predicted octanol–water partition coefficient (Wildman–Crippen LogP) is 5.09. The van der Waals surface area contributed by atoms with Crippen LogP contribution in [0.5, 0.6) is 0 Å².